The number of likely N-dealkylation sites (tertiary alicyclic amines) is 1. The van der Waals surface area contributed by atoms with Crippen molar-refractivity contribution in [2.45, 2.75) is 39.2 Å². The standard InChI is InChI=1S/C17H23NO2/c1-17(15-6-7-15)8-10-18(11-9-17)12-13-2-4-14(5-3-13)16(19)20/h2-5,15H,6-12H2,1H3,(H,19,20). The number of carbonyl (C=O) groups is 1. The van der Waals surface area contributed by atoms with Crippen LogP contribution in [0.5, 0.6) is 0 Å². The van der Waals surface area contributed by atoms with E-state index in [9.17, 15) is 4.79 Å². The minimum Gasteiger partial charge on any atom is -0.478 e. The highest BCUT2D eigenvalue weighted by Crippen LogP contribution is 2.51. The maximum atomic E-state index is 10.8. The van der Waals surface area contributed by atoms with Crippen LogP contribution in [-0.4, -0.2) is 29.1 Å². The lowest BCUT2D eigenvalue weighted by atomic mass is 9.76. The van der Waals surface area contributed by atoms with E-state index < -0.39 is 5.97 Å². The Morgan fingerprint density at radius 2 is 1.85 bits per heavy atom. The molecule has 0 spiro atoms. The van der Waals surface area contributed by atoms with E-state index in [1.807, 2.05) is 12.1 Å². The third-order valence-corrected chi connectivity index (χ3v) is 5.17. The summed E-state index contributed by atoms with van der Waals surface area (Å²) in [5, 5.41) is 8.90. The van der Waals surface area contributed by atoms with Gasteiger partial charge in [0.1, 0.15) is 0 Å². The summed E-state index contributed by atoms with van der Waals surface area (Å²) in [6, 6.07) is 7.29. The van der Waals surface area contributed by atoms with Crippen molar-refractivity contribution in [2.75, 3.05) is 13.1 Å². The quantitative estimate of drug-likeness (QED) is 0.914. The van der Waals surface area contributed by atoms with E-state index in [2.05, 4.69) is 11.8 Å². The molecule has 0 atom stereocenters. The zero-order chi connectivity index (χ0) is 14.2. The summed E-state index contributed by atoms with van der Waals surface area (Å²) in [6.07, 6.45) is 5.50. The van der Waals surface area contributed by atoms with Crippen molar-refractivity contribution in [2.24, 2.45) is 11.3 Å². The maximum absolute atomic E-state index is 10.8. The Morgan fingerprint density at radius 1 is 1.25 bits per heavy atom. The fraction of sp³-hybridized carbons (Fsp3) is 0.588. The molecule has 3 nitrogen and oxygen atoms in total. The molecule has 0 unspecified atom stereocenters. The molecule has 1 aromatic carbocycles. The van der Waals surface area contributed by atoms with Crippen LogP contribution in [-0.2, 0) is 6.54 Å². The van der Waals surface area contributed by atoms with Crippen LogP contribution >= 0.6 is 0 Å². The van der Waals surface area contributed by atoms with Gasteiger partial charge >= 0.3 is 5.97 Å². The van der Waals surface area contributed by atoms with E-state index in [0.29, 0.717) is 11.0 Å². The van der Waals surface area contributed by atoms with Gasteiger partial charge in [-0.2, -0.15) is 0 Å². The van der Waals surface area contributed by atoms with Crippen LogP contribution in [0, 0.1) is 11.3 Å². The number of carboxylic acid groups (broad SMARTS) is 1. The van der Waals surface area contributed by atoms with Crippen molar-refractivity contribution in [1.29, 1.82) is 0 Å². The number of hydrogen-bond donors (Lipinski definition) is 1. The van der Waals surface area contributed by atoms with Crippen LogP contribution in [0.1, 0.15) is 48.5 Å². The Labute approximate surface area is 120 Å². The number of aromatic carboxylic acids is 1. The van der Waals surface area contributed by atoms with Gasteiger partial charge in [0, 0.05) is 6.54 Å². The van der Waals surface area contributed by atoms with E-state index in [1.54, 1.807) is 12.1 Å². The fourth-order valence-electron chi connectivity index (χ4n) is 3.42. The molecule has 1 saturated heterocycles. The number of rotatable bonds is 4. The minimum absolute atomic E-state index is 0.369. The second kappa shape index (κ2) is 5.21. The van der Waals surface area contributed by atoms with Crippen molar-refractivity contribution in [3.05, 3.63) is 35.4 Å². The predicted molar refractivity (Wildman–Crippen MR) is 78.7 cm³/mol. The third kappa shape index (κ3) is 2.88. The maximum Gasteiger partial charge on any atom is 0.335 e. The van der Waals surface area contributed by atoms with Crippen molar-refractivity contribution in [3.63, 3.8) is 0 Å². The molecule has 108 valence electrons. The Bertz CT molecular complexity index is 482. The molecule has 3 rings (SSSR count). The van der Waals surface area contributed by atoms with Gasteiger partial charge in [-0.3, -0.25) is 4.90 Å². The molecule has 1 aliphatic carbocycles. The molecule has 1 saturated carbocycles. The summed E-state index contributed by atoms with van der Waals surface area (Å²) < 4.78 is 0. The summed E-state index contributed by atoms with van der Waals surface area (Å²) in [4.78, 5) is 13.3. The lowest BCUT2D eigenvalue weighted by molar-refractivity contribution is 0.0696. The molecule has 0 bridgehead atoms. The highest BCUT2D eigenvalue weighted by molar-refractivity contribution is 5.87. The Morgan fingerprint density at radius 3 is 2.35 bits per heavy atom. The molecule has 0 aromatic heterocycles. The zero-order valence-corrected chi connectivity index (χ0v) is 12.1. The van der Waals surface area contributed by atoms with Crippen molar-refractivity contribution < 1.29 is 9.90 Å². The summed E-state index contributed by atoms with van der Waals surface area (Å²) in [7, 11) is 0. The Hall–Kier alpha value is -1.35. The van der Waals surface area contributed by atoms with Gasteiger partial charge in [0.15, 0.2) is 0 Å². The van der Waals surface area contributed by atoms with Crippen molar-refractivity contribution in [1.82, 2.24) is 4.90 Å². The van der Waals surface area contributed by atoms with Gasteiger partial charge in [-0.1, -0.05) is 19.1 Å². The van der Waals surface area contributed by atoms with Crippen LogP contribution in [0.4, 0.5) is 0 Å². The number of hydrogen-bond acceptors (Lipinski definition) is 2. The van der Waals surface area contributed by atoms with Crippen LogP contribution in [0.25, 0.3) is 0 Å². The number of benzene rings is 1. The van der Waals surface area contributed by atoms with E-state index in [1.165, 1.54) is 44.3 Å². The first-order valence-corrected chi connectivity index (χ1v) is 7.61. The van der Waals surface area contributed by atoms with Gasteiger partial charge in [-0.25, -0.2) is 4.79 Å². The summed E-state index contributed by atoms with van der Waals surface area (Å²) in [5.41, 5.74) is 2.17. The van der Waals surface area contributed by atoms with Gasteiger partial charge in [0.05, 0.1) is 5.56 Å². The van der Waals surface area contributed by atoms with Gasteiger partial charge in [-0.15, -0.1) is 0 Å². The van der Waals surface area contributed by atoms with Crippen molar-refractivity contribution >= 4 is 5.97 Å². The first-order chi connectivity index (χ1) is 9.57. The highest BCUT2D eigenvalue weighted by Gasteiger charge is 2.42. The summed E-state index contributed by atoms with van der Waals surface area (Å²) in [6.45, 7) is 5.76. The molecule has 0 radical (unpaired) electrons. The molecule has 1 aromatic rings. The molecule has 1 N–H and O–H groups in total. The predicted octanol–water partition coefficient (Wildman–Crippen LogP) is 3.40. The average molecular weight is 273 g/mol. The minimum atomic E-state index is -0.852. The SMILES string of the molecule is CC1(C2CC2)CCN(Cc2ccc(C(=O)O)cc2)CC1. The summed E-state index contributed by atoms with van der Waals surface area (Å²) >= 11 is 0. The topological polar surface area (TPSA) is 40.5 Å². The van der Waals surface area contributed by atoms with Crippen LogP contribution in [0.3, 0.4) is 0 Å². The first-order valence-electron chi connectivity index (χ1n) is 7.61. The Kier molecular flexibility index (Phi) is 3.55. The molecule has 20 heavy (non-hydrogen) atoms. The average Bonchev–Trinajstić information content (AvgIpc) is 3.27. The van der Waals surface area contributed by atoms with Gasteiger partial charge in [0.2, 0.25) is 0 Å². The molecule has 1 heterocycles. The van der Waals surface area contributed by atoms with E-state index >= 15 is 0 Å². The van der Waals surface area contributed by atoms with E-state index in [4.69, 9.17) is 5.11 Å². The van der Waals surface area contributed by atoms with Crippen LogP contribution < -0.4 is 0 Å². The lowest BCUT2D eigenvalue weighted by Gasteiger charge is -2.39. The second-order valence-corrected chi connectivity index (χ2v) is 6.71. The Balaban J connectivity index is 1.55. The molecular weight excluding hydrogens is 250 g/mol. The largest absolute Gasteiger partial charge is 0.478 e. The molecule has 2 aliphatic rings. The number of nitrogens with zero attached hydrogens (tertiary/aromatic N) is 1. The third-order valence-electron chi connectivity index (χ3n) is 5.17. The molecular formula is C17H23NO2. The molecule has 2 fully saturated rings. The molecule has 0 amide bonds. The molecule has 1 aliphatic heterocycles. The smallest absolute Gasteiger partial charge is 0.335 e. The van der Waals surface area contributed by atoms with E-state index in [-0.39, 0.29) is 0 Å². The van der Waals surface area contributed by atoms with Crippen LogP contribution in [0.15, 0.2) is 24.3 Å². The number of carboxylic acids is 1. The van der Waals surface area contributed by atoms with Crippen LogP contribution in [0.2, 0.25) is 0 Å². The zero-order valence-electron chi connectivity index (χ0n) is 12.1. The van der Waals surface area contributed by atoms with E-state index in [0.717, 1.165) is 12.5 Å². The summed E-state index contributed by atoms with van der Waals surface area (Å²) in [5.74, 6) is 0.134. The second-order valence-electron chi connectivity index (χ2n) is 6.71. The fourth-order valence-corrected chi connectivity index (χ4v) is 3.42. The number of piperidine rings is 1. The molecule has 3 heteroatoms. The highest BCUT2D eigenvalue weighted by atomic mass is 16.4. The normalized spacial score (nSPS) is 22.6. The monoisotopic (exact) mass is 273 g/mol. The van der Waals surface area contributed by atoms with Gasteiger partial charge in [0.25, 0.3) is 0 Å². The van der Waals surface area contributed by atoms with Gasteiger partial charge in [-0.05, 0) is 67.8 Å². The first kappa shape index (κ1) is 13.6. The van der Waals surface area contributed by atoms with Gasteiger partial charge < -0.3 is 5.11 Å². The van der Waals surface area contributed by atoms with Crippen molar-refractivity contribution in [3.8, 4) is 0 Å². The lowest BCUT2D eigenvalue weighted by Crippen LogP contribution is -2.39.